The van der Waals surface area contributed by atoms with Crippen LogP contribution >= 0.6 is 15.9 Å². The van der Waals surface area contributed by atoms with Gasteiger partial charge in [0, 0.05) is 36.0 Å². The van der Waals surface area contributed by atoms with Crippen molar-refractivity contribution in [2.45, 2.75) is 0 Å². The number of carbonyl (C=O) groups excluding carboxylic acids is 2. The zero-order valence-electron chi connectivity index (χ0n) is 13.3. The smallest absolute Gasteiger partial charge is 0.289 e. The maximum atomic E-state index is 12.7. The second-order valence-corrected chi connectivity index (χ2v) is 6.77. The average molecular weight is 403 g/mol. The molecule has 25 heavy (non-hydrogen) atoms. The Labute approximate surface area is 152 Å². The molecule has 0 saturated carbocycles. The van der Waals surface area contributed by atoms with Gasteiger partial charge in [-0.3, -0.25) is 9.59 Å². The summed E-state index contributed by atoms with van der Waals surface area (Å²) in [5.41, 5.74) is 0.679. The highest BCUT2D eigenvalue weighted by atomic mass is 79.9. The van der Waals surface area contributed by atoms with E-state index in [1.165, 1.54) is 6.26 Å². The van der Waals surface area contributed by atoms with E-state index in [1.54, 1.807) is 28.0 Å². The summed E-state index contributed by atoms with van der Waals surface area (Å²) in [5, 5.41) is 0.879. The van der Waals surface area contributed by atoms with Crippen LogP contribution < -0.4 is 0 Å². The summed E-state index contributed by atoms with van der Waals surface area (Å²) in [6.45, 7) is 1.87. The Bertz CT molecular complexity index is 924. The molecule has 2 amide bonds. The molecule has 0 aliphatic carbocycles. The molecule has 1 aliphatic rings. The van der Waals surface area contributed by atoms with Crippen molar-refractivity contribution in [3.63, 3.8) is 0 Å². The van der Waals surface area contributed by atoms with Crippen molar-refractivity contribution in [1.29, 1.82) is 0 Å². The number of hydrogen-bond acceptors (Lipinski definition) is 4. The Hall–Kier alpha value is -2.54. The third-order valence-electron chi connectivity index (χ3n) is 4.28. The number of carbonyl (C=O) groups is 2. The second-order valence-electron chi connectivity index (χ2n) is 5.85. The van der Waals surface area contributed by atoms with Crippen LogP contribution in [0.5, 0.6) is 0 Å². The molecule has 3 aromatic rings. The van der Waals surface area contributed by atoms with Gasteiger partial charge in [-0.2, -0.15) is 0 Å². The van der Waals surface area contributed by atoms with E-state index in [9.17, 15) is 9.59 Å². The topological polar surface area (TPSA) is 66.9 Å². The fourth-order valence-corrected chi connectivity index (χ4v) is 3.32. The van der Waals surface area contributed by atoms with Crippen LogP contribution in [0.4, 0.5) is 0 Å². The van der Waals surface area contributed by atoms with Crippen molar-refractivity contribution in [3.05, 3.63) is 58.7 Å². The fourth-order valence-electron chi connectivity index (χ4n) is 2.94. The molecule has 0 unspecified atom stereocenters. The number of benzene rings is 1. The molecular weight excluding hydrogens is 388 g/mol. The monoisotopic (exact) mass is 402 g/mol. The fraction of sp³-hybridized carbons (Fsp3) is 0.222. The van der Waals surface area contributed by atoms with E-state index in [4.69, 9.17) is 8.83 Å². The number of piperazine rings is 1. The molecule has 1 aliphatic heterocycles. The molecule has 0 radical (unpaired) electrons. The van der Waals surface area contributed by atoms with Crippen molar-refractivity contribution in [2.24, 2.45) is 0 Å². The van der Waals surface area contributed by atoms with Crippen molar-refractivity contribution in [1.82, 2.24) is 9.80 Å². The molecule has 4 rings (SSSR count). The molecule has 2 aromatic heterocycles. The number of halogens is 1. The zero-order valence-corrected chi connectivity index (χ0v) is 14.9. The van der Waals surface area contributed by atoms with Gasteiger partial charge < -0.3 is 18.6 Å². The second kappa shape index (κ2) is 6.40. The lowest BCUT2D eigenvalue weighted by Gasteiger charge is -2.33. The maximum Gasteiger partial charge on any atom is 0.289 e. The molecule has 7 heteroatoms. The summed E-state index contributed by atoms with van der Waals surface area (Å²) in [7, 11) is 0. The van der Waals surface area contributed by atoms with Gasteiger partial charge in [0.1, 0.15) is 5.58 Å². The normalized spacial score (nSPS) is 14.9. The quantitative estimate of drug-likeness (QED) is 0.658. The standard InChI is InChI=1S/C18H15BrN2O4/c19-13-3-4-14-12(10-13)11-16(25-14)18(23)21-7-5-20(6-8-21)17(22)15-2-1-9-24-15/h1-4,9-11H,5-8H2. The Morgan fingerprint density at radius 3 is 2.24 bits per heavy atom. The molecule has 1 fully saturated rings. The van der Waals surface area contributed by atoms with E-state index in [2.05, 4.69) is 15.9 Å². The lowest BCUT2D eigenvalue weighted by Crippen LogP contribution is -2.50. The van der Waals surface area contributed by atoms with E-state index in [1.807, 2.05) is 18.2 Å². The first kappa shape index (κ1) is 16.0. The van der Waals surface area contributed by atoms with E-state index in [-0.39, 0.29) is 11.8 Å². The highest BCUT2D eigenvalue weighted by Crippen LogP contribution is 2.24. The number of fused-ring (bicyclic) bond motifs is 1. The SMILES string of the molecule is O=C(c1ccco1)N1CCN(C(=O)c2cc3cc(Br)ccc3o2)CC1. The van der Waals surface area contributed by atoms with Crippen LogP contribution in [0.2, 0.25) is 0 Å². The van der Waals surface area contributed by atoms with Crippen LogP contribution in [-0.2, 0) is 0 Å². The van der Waals surface area contributed by atoms with E-state index >= 15 is 0 Å². The Morgan fingerprint density at radius 1 is 0.920 bits per heavy atom. The summed E-state index contributed by atoms with van der Waals surface area (Å²) in [4.78, 5) is 28.3. The minimum atomic E-state index is -0.155. The van der Waals surface area contributed by atoms with Gasteiger partial charge in [-0.1, -0.05) is 15.9 Å². The average Bonchev–Trinajstić information content (AvgIpc) is 3.30. The van der Waals surface area contributed by atoms with Crippen LogP contribution in [0, 0.1) is 0 Å². The van der Waals surface area contributed by atoms with Gasteiger partial charge in [-0.25, -0.2) is 0 Å². The molecule has 1 saturated heterocycles. The molecule has 0 spiro atoms. The molecule has 128 valence electrons. The maximum absolute atomic E-state index is 12.7. The lowest BCUT2D eigenvalue weighted by atomic mass is 10.2. The highest BCUT2D eigenvalue weighted by Gasteiger charge is 2.28. The predicted molar refractivity (Wildman–Crippen MR) is 94.4 cm³/mol. The van der Waals surface area contributed by atoms with Crippen molar-refractivity contribution >= 4 is 38.7 Å². The third kappa shape index (κ3) is 3.07. The van der Waals surface area contributed by atoms with Gasteiger partial charge in [0.25, 0.3) is 11.8 Å². The van der Waals surface area contributed by atoms with Crippen LogP contribution in [-0.4, -0.2) is 47.8 Å². The Morgan fingerprint density at radius 2 is 1.60 bits per heavy atom. The molecule has 0 bridgehead atoms. The number of nitrogens with zero attached hydrogens (tertiary/aromatic N) is 2. The molecule has 3 heterocycles. The first-order chi connectivity index (χ1) is 12.1. The summed E-state index contributed by atoms with van der Waals surface area (Å²) >= 11 is 3.41. The van der Waals surface area contributed by atoms with Gasteiger partial charge in [0.15, 0.2) is 11.5 Å². The minimum Gasteiger partial charge on any atom is -0.459 e. The minimum absolute atomic E-state index is 0.148. The van der Waals surface area contributed by atoms with Gasteiger partial charge in [-0.05, 0) is 36.4 Å². The number of amides is 2. The van der Waals surface area contributed by atoms with Crippen LogP contribution in [0.3, 0.4) is 0 Å². The summed E-state index contributed by atoms with van der Waals surface area (Å²) < 4.78 is 11.7. The first-order valence-corrected chi connectivity index (χ1v) is 8.72. The summed E-state index contributed by atoms with van der Waals surface area (Å²) in [6.07, 6.45) is 1.48. The molecule has 1 aromatic carbocycles. The molecular formula is C18H15BrN2O4. The van der Waals surface area contributed by atoms with Gasteiger partial charge in [0.2, 0.25) is 0 Å². The number of rotatable bonds is 2. The van der Waals surface area contributed by atoms with E-state index in [0.717, 1.165) is 9.86 Å². The first-order valence-electron chi connectivity index (χ1n) is 7.93. The summed E-state index contributed by atoms with van der Waals surface area (Å²) in [5.74, 6) is 0.338. The molecule has 0 N–H and O–H groups in total. The molecule has 0 atom stereocenters. The van der Waals surface area contributed by atoms with E-state index < -0.39 is 0 Å². The Kier molecular flexibility index (Phi) is 4.09. The lowest BCUT2D eigenvalue weighted by molar-refractivity contribution is 0.0503. The van der Waals surface area contributed by atoms with Crippen molar-refractivity contribution in [2.75, 3.05) is 26.2 Å². The zero-order chi connectivity index (χ0) is 17.4. The number of hydrogen-bond donors (Lipinski definition) is 0. The van der Waals surface area contributed by atoms with Gasteiger partial charge in [0.05, 0.1) is 6.26 Å². The van der Waals surface area contributed by atoms with E-state index in [0.29, 0.717) is 43.3 Å². The van der Waals surface area contributed by atoms with Crippen molar-refractivity contribution < 1.29 is 18.4 Å². The van der Waals surface area contributed by atoms with Gasteiger partial charge >= 0.3 is 0 Å². The predicted octanol–water partition coefficient (Wildman–Crippen LogP) is 3.39. The summed E-state index contributed by atoms with van der Waals surface area (Å²) in [6, 6.07) is 10.7. The highest BCUT2D eigenvalue weighted by molar-refractivity contribution is 9.10. The van der Waals surface area contributed by atoms with Crippen LogP contribution in [0.25, 0.3) is 11.0 Å². The van der Waals surface area contributed by atoms with Crippen molar-refractivity contribution in [3.8, 4) is 0 Å². The molecule has 6 nitrogen and oxygen atoms in total. The van der Waals surface area contributed by atoms with Crippen LogP contribution in [0.1, 0.15) is 21.1 Å². The largest absolute Gasteiger partial charge is 0.459 e. The van der Waals surface area contributed by atoms with Gasteiger partial charge in [-0.15, -0.1) is 0 Å². The Balaban J connectivity index is 1.44. The third-order valence-corrected chi connectivity index (χ3v) is 4.77. The van der Waals surface area contributed by atoms with Crippen LogP contribution in [0.15, 0.2) is 56.0 Å². The number of furan rings is 2.